The Bertz CT molecular complexity index is 53.0. The summed E-state index contributed by atoms with van der Waals surface area (Å²) in [5, 5.41) is 0. The summed E-state index contributed by atoms with van der Waals surface area (Å²) < 4.78 is 10.1. The second-order valence-corrected chi connectivity index (χ2v) is 1.70. The van der Waals surface area contributed by atoms with Crippen molar-refractivity contribution in [2.75, 3.05) is 20.3 Å². The maximum absolute atomic E-state index is 5.28. The first-order chi connectivity index (χ1) is 4.35. The van der Waals surface area contributed by atoms with Gasteiger partial charge in [0, 0.05) is 20.1 Å². The van der Waals surface area contributed by atoms with E-state index in [0.717, 1.165) is 6.42 Å². The number of hydrogen-bond donors (Lipinski definition) is 1. The van der Waals surface area contributed by atoms with Crippen LogP contribution >= 0.6 is 0 Å². The van der Waals surface area contributed by atoms with E-state index in [1.54, 1.807) is 7.11 Å². The predicted octanol–water partition coefficient (Wildman–Crippen LogP) is 0.344. The second-order valence-electron chi connectivity index (χ2n) is 1.70. The van der Waals surface area contributed by atoms with Crippen LogP contribution in [0.1, 0.15) is 13.3 Å². The van der Waals surface area contributed by atoms with Gasteiger partial charge in [0.05, 0.1) is 0 Å². The van der Waals surface area contributed by atoms with Crippen LogP contribution in [-0.4, -0.2) is 26.6 Å². The Morgan fingerprint density at radius 1 is 1.56 bits per heavy atom. The fourth-order valence-corrected chi connectivity index (χ4v) is 0.591. The van der Waals surface area contributed by atoms with E-state index in [-0.39, 0.29) is 6.29 Å². The largest absolute Gasteiger partial charge is 0.356 e. The second kappa shape index (κ2) is 6.01. The lowest BCUT2D eigenvalue weighted by molar-refractivity contribution is -0.121. The fourth-order valence-electron chi connectivity index (χ4n) is 0.591. The van der Waals surface area contributed by atoms with Gasteiger partial charge in [0.25, 0.3) is 0 Å². The van der Waals surface area contributed by atoms with Crippen molar-refractivity contribution in [3.8, 4) is 0 Å². The molecule has 0 heterocycles. The zero-order valence-electron chi connectivity index (χ0n) is 6.09. The molecule has 0 aromatic carbocycles. The molecule has 56 valence electrons. The minimum atomic E-state index is -0.111. The van der Waals surface area contributed by atoms with Crippen LogP contribution in [0.2, 0.25) is 0 Å². The van der Waals surface area contributed by atoms with Gasteiger partial charge in [-0.25, -0.2) is 0 Å². The summed E-state index contributed by atoms with van der Waals surface area (Å²) in [6.07, 6.45) is 0.657. The third kappa shape index (κ3) is 4.39. The lowest BCUT2D eigenvalue weighted by Crippen LogP contribution is -2.19. The van der Waals surface area contributed by atoms with E-state index < -0.39 is 0 Å². The molecule has 0 amide bonds. The summed E-state index contributed by atoms with van der Waals surface area (Å²) in [7, 11) is 1.62. The summed E-state index contributed by atoms with van der Waals surface area (Å²) in [6.45, 7) is 3.22. The maximum atomic E-state index is 5.28. The van der Waals surface area contributed by atoms with Crippen molar-refractivity contribution in [1.82, 2.24) is 0 Å². The van der Waals surface area contributed by atoms with Crippen molar-refractivity contribution in [2.24, 2.45) is 5.73 Å². The molecule has 0 aliphatic carbocycles. The maximum Gasteiger partial charge on any atom is 0.158 e. The van der Waals surface area contributed by atoms with Gasteiger partial charge in [-0.1, -0.05) is 0 Å². The Hall–Kier alpha value is -0.120. The molecule has 0 aliphatic rings. The molecule has 1 unspecified atom stereocenters. The molecule has 3 heteroatoms. The van der Waals surface area contributed by atoms with Crippen LogP contribution < -0.4 is 5.73 Å². The predicted molar refractivity (Wildman–Crippen MR) is 36.1 cm³/mol. The van der Waals surface area contributed by atoms with Crippen molar-refractivity contribution in [1.29, 1.82) is 0 Å². The third-order valence-electron chi connectivity index (χ3n) is 1.02. The van der Waals surface area contributed by atoms with Crippen LogP contribution in [0.4, 0.5) is 0 Å². The Balaban J connectivity index is 3.18. The van der Waals surface area contributed by atoms with Gasteiger partial charge in [0.1, 0.15) is 0 Å². The molecule has 1 atom stereocenters. The molecule has 0 saturated heterocycles. The van der Waals surface area contributed by atoms with Gasteiger partial charge in [0.15, 0.2) is 6.29 Å². The summed E-state index contributed by atoms with van der Waals surface area (Å²) in [6, 6.07) is 0. The van der Waals surface area contributed by atoms with E-state index >= 15 is 0 Å². The van der Waals surface area contributed by atoms with E-state index in [1.807, 2.05) is 6.92 Å². The van der Waals surface area contributed by atoms with Gasteiger partial charge in [-0.15, -0.1) is 0 Å². The van der Waals surface area contributed by atoms with Crippen LogP contribution in [0.3, 0.4) is 0 Å². The smallest absolute Gasteiger partial charge is 0.158 e. The Morgan fingerprint density at radius 2 is 2.22 bits per heavy atom. The average Bonchev–Trinajstić information content (AvgIpc) is 1.88. The molecule has 0 fully saturated rings. The van der Waals surface area contributed by atoms with Gasteiger partial charge in [0.2, 0.25) is 0 Å². The van der Waals surface area contributed by atoms with Gasteiger partial charge >= 0.3 is 0 Å². The number of methoxy groups -OCH3 is 1. The molecule has 0 aliphatic heterocycles. The molecule has 9 heavy (non-hydrogen) atoms. The molecular weight excluding hydrogens is 118 g/mol. The monoisotopic (exact) mass is 133 g/mol. The van der Waals surface area contributed by atoms with Crippen molar-refractivity contribution < 1.29 is 9.47 Å². The Labute approximate surface area is 56.1 Å². The lowest BCUT2D eigenvalue weighted by atomic mass is 10.4. The zero-order chi connectivity index (χ0) is 7.11. The number of ether oxygens (including phenoxy) is 2. The first-order valence-electron chi connectivity index (χ1n) is 3.19. The van der Waals surface area contributed by atoms with Gasteiger partial charge in [-0.3, -0.25) is 0 Å². The van der Waals surface area contributed by atoms with E-state index in [2.05, 4.69) is 0 Å². The van der Waals surface area contributed by atoms with E-state index in [9.17, 15) is 0 Å². The molecule has 0 rings (SSSR count). The van der Waals surface area contributed by atoms with Crippen molar-refractivity contribution in [3.05, 3.63) is 0 Å². The van der Waals surface area contributed by atoms with E-state index in [0.29, 0.717) is 13.2 Å². The topological polar surface area (TPSA) is 44.5 Å². The average molecular weight is 133 g/mol. The van der Waals surface area contributed by atoms with Gasteiger partial charge in [-0.2, -0.15) is 0 Å². The molecule has 0 spiro atoms. The molecule has 0 saturated carbocycles. The number of nitrogens with two attached hydrogens (primary N) is 1. The highest BCUT2D eigenvalue weighted by atomic mass is 16.7. The van der Waals surface area contributed by atoms with E-state index in [1.165, 1.54) is 0 Å². The molecule has 0 aromatic rings. The normalized spacial score (nSPS) is 13.7. The third-order valence-corrected chi connectivity index (χ3v) is 1.02. The zero-order valence-corrected chi connectivity index (χ0v) is 6.09. The minimum absolute atomic E-state index is 0.111. The van der Waals surface area contributed by atoms with Gasteiger partial charge < -0.3 is 15.2 Å². The molecule has 3 nitrogen and oxygen atoms in total. The molecule has 0 aromatic heterocycles. The van der Waals surface area contributed by atoms with Gasteiger partial charge in [-0.05, 0) is 13.5 Å². The molecular formula is C6H15NO2. The highest BCUT2D eigenvalue weighted by Gasteiger charge is 2.02. The first-order valence-corrected chi connectivity index (χ1v) is 3.19. The fraction of sp³-hybridized carbons (Fsp3) is 1.00. The number of hydrogen-bond acceptors (Lipinski definition) is 3. The van der Waals surface area contributed by atoms with Crippen LogP contribution in [0.15, 0.2) is 0 Å². The number of rotatable bonds is 5. The van der Waals surface area contributed by atoms with Crippen molar-refractivity contribution in [2.45, 2.75) is 19.6 Å². The van der Waals surface area contributed by atoms with Crippen molar-refractivity contribution >= 4 is 0 Å². The minimum Gasteiger partial charge on any atom is -0.356 e. The van der Waals surface area contributed by atoms with Crippen LogP contribution in [-0.2, 0) is 9.47 Å². The lowest BCUT2D eigenvalue weighted by Gasteiger charge is -2.12. The van der Waals surface area contributed by atoms with Crippen LogP contribution in [0.5, 0.6) is 0 Å². The summed E-state index contributed by atoms with van der Waals surface area (Å²) in [5.41, 5.74) is 5.28. The quantitative estimate of drug-likeness (QED) is 0.550. The summed E-state index contributed by atoms with van der Waals surface area (Å²) in [4.78, 5) is 0. The van der Waals surface area contributed by atoms with Crippen molar-refractivity contribution in [3.63, 3.8) is 0 Å². The highest BCUT2D eigenvalue weighted by Crippen LogP contribution is 1.95. The summed E-state index contributed by atoms with van der Waals surface area (Å²) >= 11 is 0. The Kier molecular flexibility index (Phi) is 5.93. The Morgan fingerprint density at radius 3 is 2.56 bits per heavy atom. The SMILES string of the molecule is CCOC(CCN)OC. The van der Waals surface area contributed by atoms with Crippen LogP contribution in [0, 0.1) is 0 Å². The highest BCUT2D eigenvalue weighted by molar-refractivity contribution is 4.43. The molecule has 0 bridgehead atoms. The first kappa shape index (κ1) is 8.88. The standard InChI is InChI=1S/C6H15NO2/c1-3-9-6(8-2)4-5-7/h6H,3-5,7H2,1-2H3. The molecule has 0 radical (unpaired) electrons. The van der Waals surface area contributed by atoms with Crippen LogP contribution in [0.25, 0.3) is 0 Å². The summed E-state index contributed by atoms with van der Waals surface area (Å²) in [5.74, 6) is 0. The van der Waals surface area contributed by atoms with E-state index in [4.69, 9.17) is 15.2 Å². The molecule has 2 N–H and O–H groups in total.